The Hall–Kier alpha value is -2.97. The molecule has 2 heterocycles. The van der Waals surface area contributed by atoms with Crippen LogP contribution in [0, 0.1) is 13.8 Å². The van der Waals surface area contributed by atoms with E-state index >= 15 is 0 Å². The molecule has 0 unspecified atom stereocenters. The van der Waals surface area contributed by atoms with Crippen molar-refractivity contribution in [3.05, 3.63) is 71.8 Å². The number of piperidine rings is 1. The minimum absolute atomic E-state index is 0.281. The molecule has 31 heavy (non-hydrogen) atoms. The fourth-order valence-corrected chi connectivity index (χ4v) is 5.16. The van der Waals surface area contributed by atoms with Crippen molar-refractivity contribution in [1.29, 1.82) is 0 Å². The summed E-state index contributed by atoms with van der Waals surface area (Å²) in [5.41, 5.74) is 3.99. The van der Waals surface area contributed by atoms with E-state index in [4.69, 9.17) is 0 Å². The molecular formula is C23H26N4O3S. The highest BCUT2D eigenvalue weighted by Crippen LogP contribution is 2.22. The van der Waals surface area contributed by atoms with Crippen LogP contribution in [0.15, 0.2) is 59.9 Å². The number of aryl methyl sites for hydroxylation is 2. The highest BCUT2D eigenvalue weighted by molar-refractivity contribution is 7.89. The molecule has 4 rings (SSSR count). The minimum Gasteiger partial charge on any atom is -0.321 e. The van der Waals surface area contributed by atoms with E-state index in [0.29, 0.717) is 13.1 Å². The van der Waals surface area contributed by atoms with Crippen molar-refractivity contribution in [2.45, 2.75) is 38.0 Å². The van der Waals surface area contributed by atoms with E-state index in [0.717, 1.165) is 41.8 Å². The molecule has 1 aliphatic heterocycles. The smallest absolute Gasteiger partial charge is 0.275 e. The molecule has 1 amide bonds. The number of sulfonamides is 1. The van der Waals surface area contributed by atoms with E-state index in [2.05, 4.69) is 10.3 Å². The summed E-state index contributed by atoms with van der Waals surface area (Å²) in [6.07, 6.45) is 6.05. The number of hydrogen-bond acceptors (Lipinski definition) is 4. The van der Waals surface area contributed by atoms with Crippen molar-refractivity contribution < 1.29 is 13.2 Å². The Labute approximate surface area is 182 Å². The van der Waals surface area contributed by atoms with Crippen molar-refractivity contribution in [3.8, 4) is 5.69 Å². The summed E-state index contributed by atoms with van der Waals surface area (Å²) in [5, 5.41) is 2.86. The Morgan fingerprint density at radius 1 is 0.968 bits per heavy atom. The van der Waals surface area contributed by atoms with Crippen LogP contribution in [0.4, 0.5) is 5.69 Å². The van der Waals surface area contributed by atoms with Gasteiger partial charge in [0, 0.05) is 30.7 Å². The van der Waals surface area contributed by atoms with Crippen molar-refractivity contribution in [3.63, 3.8) is 0 Å². The molecule has 0 atom stereocenters. The molecular weight excluding hydrogens is 412 g/mol. The van der Waals surface area contributed by atoms with Crippen molar-refractivity contribution >= 4 is 21.6 Å². The first-order valence-corrected chi connectivity index (χ1v) is 11.8. The SMILES string of the molecule is Cc1ccc(NC(=O)c2cn(-c3ccc(S(=O)(=O)N4CCCCC4)cc3)cn2)cc1C. The third-order valence-corrected chi connectivity index (χ3v) is 7.58. The van der Waals surface area contributed by atoms with Gasteiger partial charge >= 0.3 is 0 Å². The number of benzene rings is 2. The largest absolute Gasteiger partial charge is 0.321 e. The van der Waals surface area contributed by atoms with Gasteiger partial charge in [-0.3, -0.25) is 4.79 Å². The van der Waals surface area contributed by atoms with Gasteiger partial charge < -0.3 is 9.88 Å². The topological polar surface area (TPSA) is 84.3 Å². The van der Waals surface area contributed by atoms with Gasteiger partial charge in [-0.15, -0.1) is 0 Å². The number of rotatable bonds is 5. The second kappa shape index (κ2) is 8.64. The van der Waals surface area contributed by atoms with E-state index in [9.17, 15) is 13.2 Å². The quantitative estimate of drug-likeness (QED) is 0.654. The number of carbonyl (C=O) groups is 1. The molecule has 1 fully saturated rings. The first kappa shape index (κ1) is 21.3. The normalized spacial score (nSPS) is 15.0. The Balaban J connectivity index is 1.48. The third kappa shape index (κ3) is 4.55. The van der Waals surface area contributed by atoms with Gasteiger partial charge in [-0.2, -0.15) is 4.31 Å². The highest BCUT2D eigenvalue weighted by atomic mass is 32.2. The minimum atomic E-state index is -3.47. The molecule has 0 bridgehead atoms. The Kier molecular flexibility index (Phi) is 5.93. The number of nitrogens with one attached hydrogen (secondary N) is 1. The Morgan fingerprint density at radius 3 is 2.35 bits per heavy atom. The monoisotopic (exact) mass is 438 g/mol. The van der Waals surface area contributed by atoms with Crippen molar-refractivity contribution in [2.75, 3.05) is 18.4 Å². The molecule has 1 aliphatic rings. The summed E-state index contributed by atoms with van der Waals surface area (Å²) < 4.78 is 28.9. The number of imidazole rings is 1. The lowest BCUT2D eigenvalue weighted by molar-refractivity contribution is 0.102. The van der Waals surface area contributed by atoms with Crippen LogP contribution in [0.5, 0.6) is 0 Å². The molecule has 8 heteroatoms. The first-order chi connectivity index (χ1) is 14.8. The van der Waals surface area contributed by atoms with E-state index in [-0.39, 0.29) is 16.5 Å². The summed E-state index contributed by atoms with van der Waals surface area (Å²) >= 11 is 0. The van der Waals surface area contributed by atoms with Crippen molar-refractivity contribution in [2.24, 2.45) is 0 Å². The lowest BCUT2D eigenvalue weighted by Crippen LogP contribution is -2.35. The maximum atomic E-state index is 12.8. The zero-order valence-corrected chi connectivity index (χ0v) is 18.5. The third-order valence-electron chi connectivity index (χ3n) is 5.67. The molecule has 1 aromatic heterocycles. The van der Waals surface area contributed by atoms with Crippen molar-refractivity contribution in [1.82, 2.24) is 13.9 Å². The molecule has 0 aliphatic carbocycles. The van der Waals surface area contributed by atoms with Gasteiger partial charge in [0.25, 0.3) is 5.91 Å². The van der Waals surface area contributed by atoms with Crippen LogP contribution in [0.3, 0.4) is 0 Å². The zero-order chi connectivity index (χ0) is 22.0. The van der Waals surface area contributed by atoms with Crippen LogP contribution in [0.2, 0.25) is 0 Å². The summed E-state index contributed by atoms with van der Waals surface area (Å²) in [5.74, 6) is -0.300. The Morgan fingerprint density at radius 2 is 1.68 bits per heavy atom. The number of hydrogen-bond donors (Lipinski definition) is 1. The molecule has 0 spiro atoms. The van der Waals surface area contributed by atoms with Crippen LogP contribution in [-0.2, 0) is 10.0 Å². The van der Waals surface area contributed by atoms with Crippen LogP contribution >= 0.6 is 0 Å². The standard InChI is InChI=1S/C23H26N4O3S/c1-17-6-7-19(14-18(17)2)25-23(28)22-15-26(16-24-22)20-8-10-21(11-9-20)31(29,30)27-12-4-3-5-13-27/h6-11,14-16H,3-5,12-13H2,1-2H3,(H,25,28). The molecule has 1 N–H and O–H groups in total. The lowest BCUT2D eigenvalue weighted by Gasteiger charge is -2.25. The number of nitrogens with zero attached hydrogens (tertiary/aromatic N) is 3. The predicted octanol–water partition coefficient (Wildman–Crippen LogP) is 3.92. The van der Waals surface area contributed by atoms with Gasteiger partial charge in [0.1, 0.15) is 12.0 Å². The molecule has 3 aromatic rings. The predicted molar refractivity (Wildman–Crippen MR) is 120 cm³/mol. The first-order valence-electron chi connectivity index (χ1n) is 10.4. The van der Waals surface area contributed by atoms with Crippen LogP contribution in [0.1, 0.15) is 40.9 Å². The average molecular weight is 439 g/mol. The molecule has 2 aromatic carbocycles. The van der Waals surface area contributed by atoms with E-state index in [1.54, 1.807) is 45.7 Å². The van der Waals surface area contributed by atoms with E-state index < -0.39 is 10.0 Å². The summed E-state index contributed by atoms with van der Waals surface area (Å²) in [7, 11) is -3.47. The summed E-state index contributed by atoms with van der Waals surface area (Å²) in [6, 6.07) is 12.4. The molecule has 0 radical (unpaired) electrons. The van der Waals surface area contributed by atoms with Crippen LogP contribution in [-0.4, -0.2) is 41.3 Å². The number of anilines is 1. The van der Waals surface area contributed by atoms with E-state index in [1.165, 1.54) is 0 Å². The van der Waals surface area contributed by atoms with Gasteiger partial charge in [-0.1, -0.05) is 12.5 Å². The Bertz CT molecular complexity index is 1190. The molecule has 7 nitrogen and oxygen atoms in total. The van der Waals surface area contributed by atoms with Gasteiger partial charge in [-0.25, -0.2) is 13.4 Å². The van der Waals surface area contributed by atoms with Gasteiger partial charge in [0.05, 0.1) is 4.90 Å². The summed E-state index contributed by atoms with van der Waals surface area (Å²) in [4.78, 5) is 17.0. The number of carbonyl (C=O) groups excluding carboxylic acids is 1. The van der Waals surface area contributed by atoms with Crippen LogP contribution < -0.4 is 5.32 Å². The second-order valence-electron chi connectivity index (χ2n) is 7.88. The second-order valence-corrected chi connectivity index (χ2v) is 9.82. The lowest BCUT2D eigenvalue weighted by atomic mass is 10.1. The molecule has 0 saturated carbocycles. The summed E-state index contributed by atoms with van der Waals surface area (Å²) in [6.45, 7) is 5.16. The maximum absolute atomic E-state index is 12.8. The molecule has 1 saturated heterocycles. The zero-order valence-electron chi connectivity index (χ0n) is 17.7. The fourth-order valence-electron chi connectivity index (χ4n) is 3.64. The number of amides is 1. The fraction of sp³-hybridized carbons (Fsp3) is 0.304. The van der Waals surface area contributed by atoms with Gasteiger partial charge in [0.15, 0.2) is 0 Å². The average Bonchev–Trinajstić information content (AvgIpc) is 3.27. The van der Waals surface area contributed by atoms with Gasteiger partial charge in [0.2, 0.25) is 10.0 Å². The van der Waals surface area contributed by atoms with Gasteiger partial charge in [-0.05, 0) is 74.2 Å². The number of aromatic nitrogens is 2. The molecule has 162 valence electrons. The van der Waals surface area contributed by atoms with Crippen LogP contribution in [0.25, 0.3) is 5.69 Å². The highest BCUT2D eigenvalue weighted by Gasteiger charge is 2.25. The van der Waals surface area contributed by atoms with E-state index in [1.807, 2.05) is 32.0 Å². The maximum Gasteiger partial charge on any atom is 0.275 e.